The molecule has 0 aliphatic rings. The van der Waals surface area contributed by atoms with Gasteiger partial charge in [-0.25, -0.2) is 9.02 Å². The minimum absolute atomic E-state index is 0.0165. The zero-order valence-corrected chi connectivity index (χ0v) is 14.8. The van der Waals surface area contributed by atoms with E-state index in [0.29, 0.717) is 16.5 Å². The number of nitrogens with one attached hydrogen (secondary N) is 2. The largest absolute Gasteiger partial charge is 0.409 e. The van der Waals surface area contributed by atoms with Crippen LogP contribution in [0.5, 0.6) is 0 Å². The highest BCUT2D eigenvalue weighted by molar-refractivity contribution is 9.10. The Morgan fingerprint density at radius 2 is 2.29 bits per heavy atom. The van der Waals surface area contributed by atoms with Gasteiger partial charge in [0.2, 0.25) is 11.7 Å². The Morgan fingerprint density at radius 3 is 2.96 bits per heavy atom. The Bertz CT molecular complexity index is 755. The number of amides is 1. The minimum Gasteiger partial charge on any atom is -0.409 e. The highest BCUT2D eigenvalue weighted by atomic mass is 79.9. The summed E-state index contributed by atoms with van der Waals surface area (Å²) >= 11 is 4.30. The van der Waals surface area contributed by atoms with Crippen molar-refractivity contribution in [2.45, 2.75) is 11.4 Å². The van der Waals surface area contributed by atoms with Crippen LogP contribution in [0.4, 0.5) is 10.1 Å². The maximum atomic E-state index is 13.3. The van der Waals surface area contributed by atoms with Gasteiger partial charge in [-0.1, -0.05) is 16.9 Å². The van der Waals surface area contributed by atoms with Crippen LogP contribution in [-0.4, -0.2) is 40.1 Å². The standard InChI is InChI=1S/C13H13BrFN5O3S/c1-16-10(21)4-5-24-13-11(19-23-20-13)12(18-22)17-7-2-3-9(15)8(14)6-7/h2-3,6,22H,4-5H2,1H3,(H,16,21)(H,17,18). The number of carbonyl (C=O) groups excluding carboxylic acids is 1. The lowest BCUT2D eigenvalue weighted by Gasteiger charge is -2.07. The molecule has 0 unspecified atom stereocenters. The molecule has 0 saturated heterocycles. The van der Waals surface area contributed by atoms with Crippen LogP contribution in [0.1, 0.15) is 12.1 Å². The number of nitrogens with zero attached hydrogens (tertiary/aromatic N) is 3. The molecule has 0 fully saturated rings. The molecule has 128 valence electrons. The van der Waals surface area contributed by atoms with Gasteiger partial charge in [0.05, 0.1) is 4.47 Å². The van der Waals surface area contributed by atoms with Gasteiger partial charge >= 0.3 is 0 Å². The van der Waals surface area contributed by atoms with Gasteiger partial charge in [-0.3, -0.25) is 4.79 Å². The maximum absolute atomic E-state index is 13.3. The normalized spacial score (nSPS) is 11.4. The molecule has 2 rings (SSSR count). The third-order valence-electron chi connectivity index (χ3n) is 2.81. The number of anilines is 1. The van der Waals surface area contributed by atoms with Crippen molar-refractivity contribution in [2.75, 3.05) is 18.1 Å². The van der Waals surface area contributed by atoms with E-state index in [2.05, 4.69) is 46.7 Å². The average Bonchev–Trinajstić information content (AvgIpc) is 3.04. The summed E-state index contributed by atoms with van der Waals surface area (Å²) in [5.41, 5.74) is 0.653. The van der Waals surface area contributed by atoms with E-state index < -0.39 is 5.82 Å². The number of amidine groups is 1. The third kappa shape index (κ3) is 4.68. The van der Waals surface area contributed by atoms with Gasteiger partial charge in [-0.15, -0.1) is 0 Å². The average molecular weight is 418 g/mol. The van der Waals surface area contributed by atoms with Gasteiger partial charge in [-0.05, 0) is 44.4 Å². The summed E-state index contributed by atoms with van der Waals surface area (Å²) in [5.74, 6) is -0.0959. The first-order valence-electron chi connectivity index (χ1n) is 6.65. The molecule has 0 radical (unpaired) electrons. The highest BCUT2D eigenvalue weighted by Gasteiger charge is 2.18. The van der Waals surface area contributed by atoms with Crippen LogP contribution in [-0.2, 0) is 4.79 Å². The smallest absolute Gasteiger partial charge is 0.220 e. The fourth-order valence-electron chi connectivity index (χ4n) is 1.63. The maximum Gasteiger partial charge on any atom is 0.220 e. The summed E-state index contributed by atoms with van der Waals surface area (Å²) in [6, 6.07) is 4.20. The minimum atomic E-state index is -0.420. The molecule has 3 N–H and O–H groups in total. The number of hydrogen-bond acceptors (Lipinski definition) is 7. The third-order valence-corrected chi connectivity index (χ3v) is 4.37. The van der Waals surface area contributed by atoms with Gasteiger partial charge in [0, 0.05) is 24.9 Å². The number of halogens is 2. The van der Waals surface area contributed by atoms with E-state index in [-0.39, 0.29) is 28.3 Å². The molecule has 0 aliphatic carbocycles. The van der Waals surface area contributed by atoms with E-state index in [0.717, 1.165) is 0 Å². The van der Waals surface area contributed by atoms with E-state index in [1.165, 1.54) is 30.0 Å². The number of thioether (sulfide) groups is 1. The molecule has 11 heteroatoms. The van der Waals surface area contributed by atoms with Gasteiger partial charge in [-0.2, -0.15) is 0 Å². The lowest BCUT2D eigenvalue weighted by molar-refractivity contribution is -0.120. The predicted molar refractivity (Wildman–Crippen MR) is 89.8 cm³/mol. The van der Waals surface area contributed by atoms with Crippen LogP contribution in [0.15, 0.2) is 37.5 Å². The van der Waals surface area contributed by atoms with Crippen LogP contribution in [0.25, 0.3) is 0 Å². The van der Waals surface area contributed by atoms with Crippen LogP contribution >= 0.6 is 27.7 Å². The van der Waals surface area contributed by atoms with Crippen molar-refractivity contribution in [2.24, 2.45) is 5.16 Å². The first-order chi connectivity index (χ1) is 11.5. The van der Waals surface area contributed by atoms with Crippen LogP contribution in [0.3, 0.4) is 0 Å². The van der Waals surface area contributed by atoms with Gasteiger partial charge < -0.3 is 15.8 Å². The van der Waals surface area contributed by atoms with Crippen molar-refractivity contribution >= 4 is 45.1 Å². The molecule has 1 amide bonds. The predicted octanol–water partition coefficient (Wildman–Crippen LogP) is 2.45. The Balaban J connectivity index is 2.09. The topological polar surface area (TPSA) is 113 Å². The van der Waals surface area contributed by atoms with E-state index in [9.17, 15) is 14.4 Å². The molecule has 1 aromatic carbocycles. The van der Waals surface area contributed by atoms with Gasteiger partial charge in [0.25, 0.3) is 0 Å². The van der Waals surface area contributed by atoms with Crippen LogP contribution in [0, 0.1) is 5.82 Å². The molecule has 0 atom stereocenters. The van der Waals surface area contributed by atoms with Crippen LogP contribution in [0.2, 0.25) is 0 Å². The second-order valence-electron chi connectivity index (χ2n) is 4.39. The first kappa shape index (κ1) is 18.2. The fraction of sp³-hybridized carbons (Fsp3) is 0.231. The molecule has 2 aromatic rings. The number of benzene rings is 1. The van der Waals surface area contributed by atoms with Crippen molar-refractivity contribution in [3.8, 4) is 0 Å². The highest BCUT2D eigenvalue weighted by Crippen LogP contribution is 2.23. The Morgan fingerprint density at radius 1 is 1.50 bits per heavy atom. The fourth-order valence-corrected chi connectivity index (χ4v) is 2.84. The van der Waals surface area contributed by atoms with Crippen molar-refractivity contribution < 1.29 is 19.0 Å². The Kier molecular flexibility index (Phi) is 6.55. The number of rotatable bonds is 6. The first-order valence-corrected chi connectivity index (χ1v) is 8.43. The summed E-state index contributed by atoms with van der Waals surface area (Å²) in [6.45, 7) is 0. The number of carbonyl (C=O) groups is 1. The molecule has 0 spiro atoms. The van der Waals surface area contributed by atoms with E-state index in [4.69, 9.17) is 0 Å². The molecule has 1 heterocycles. The van der Waals surface area contributed by atoms with Crippen molar-refractivity contribution in [1.82, 2.24) is 15.6 Å². The monoisotopic (exact) mass is 417 g/mol. The zero-order chi connectivity index (χ0) is 17.5. The molecule has 0 bridgehead atoms. The summed E-state index contributed by atoms with van der Waals surface area (Å²) < 4.78 is 18.2. The zero-order valence-electron chi connectivity index (χ0n) is 12.4. The summed E-state index contributed by atoms with van der Waals surface area (Å²) in [7, 11) is 1.55. The number of oxime groups is 1. The van der Waals surface area contributed by atoms with E-state index in [1.54, 1.807) is 7.05 Å². The quantitative estimate of drug-likeness (QED) is 0.217. The molecular formula is C13H13BrFN5O3S. The van der Waals surface area contributed by atoms with Crippen molar-refractivity contribution in [3.63, 3.8) is 0 Å². The molecule has 1 aromatic heterocycles. The SMILES string of the molecule is CNC(=O)CCSc1nonc1/C(=N/O)Nc1ccc(F)c(Br)c1. The molecule has 0 aliphatic heterocycles. The second-order valence-corrected chi connectivity index (χ2v) is 6.33. The molecular weight excluding hydrogens is 405 g/mol. The summed E-state index contributed by atoms with van der Waals surface area (Å²) in [5, 5.41) is 25.4. The number of hydrogen-bond donors (Lipinski definition) is 3. The van der Waals surface area contributed by atoms with Crippen molar-refractivity contribution in [3.05, 3.63) is 34.2 Å². The number of aromatic nitrogens is 2. The summed E-state index contributed by atoms with van der Waals surface area (Å²) in [6.07, 6.45) is 0.289. The van der Waals surface area contributed by atoms with E-state index in [1.807, 2.05) is 0 Å². The summed E-state index contributed by atoms with van der Waals surface area (Å²) in [4.78, 5) is 11.2. The van der Waals surface area contributed by atoms with Gasteiger partial charge in [0.15, 0.2) is 10.7 Å². The van der Waals surface area contributed by atoms with Crippen molar-refractivity contribution in [1.29, 1.82) is 0 Å². The van der Waals surface area contributed by atoms with Gasteiger partial charge in [0.1, 0.15) is 5.82 Å². The lowest BCUT2D eigenvalue weighted by atomic mass is 10.3. The molecule has 8 nitrogen and oxygen atoms in total. The van der Waals surface area contributed by atoms with E-state index >= 15 is 0 Å². The van der Waals surface area contributed by atoms with Crippen LogP contribution < -0.4 is 10.6 Å². The molecule has 24 heavy (non-hydrogen) atoms. The Labute approximate surface area is 149 Å². The Hall–Kier alpha value is -2.14. The second kappa shape index (κ2) is 8.64. The lowest BCUT2D eigenvalue weighted by Crippen LogP contribution is -2.18. The molecule has 0 saturated carbocycles.